The molecule has 0 aromatic heterocycles. The lowest BCUT2D eigenvalue weighted by atomic mass is 9.90. The van der Waals surface area contributed by atoms with Crippen molar-refractivity contribution in [3.05, 3.63) is 23.2 Å². The molecular formula is C12H16ClN3O2. The number of methoxy groups -OCH3 is 1. The molecule has 0 heterocycles. The van der Waals surface area contributed by atoms with E-state index in [2.05, 4.69) is 10.3 Å². The van der Waals surface area contributed by atoms with E-state index in [1.54, 1.807) is 19.2 Å². The summed E-state index contributed by atoms with van der Waals surface area (Å²) in [5, 5.41) is 12.6. The summed E-state index contributed by atoms with van der Waals surface area (Å²) in [6, 6.07) is 5.40. The lowest BCUT2D eigenvalue weighted by molar-refractivity contribution is 0.0778. The zero-order valence-electron chi connectivity index (χ0n) is 10.1. The number of hydrogen-bond donors (Lipinski definition) is 3. The Kier molecular flexibility index (Phi) is 3.93. The zero-order valence-corrected chi connectivity index (χ0v) is 10.8. The molecule has 1 aliphatic carbocycles. The topological polar surface area (TPSA) is 79.9 Å². The molecule has 0 aliphatic heterocycles. The number of guanidine groups is 1. The molecule has 1 saturated carbocycles. The summed E-state index contributed by atoms with van der Waals surface area (Å²) in [4.78, 5) is 4.25. The molecule has 0 saturated heterocycles. The molecule has 2 rings (SSSR count). The van der Waals surface area contributed by atoms with Crippen LogP contribution in [0.2, 0.25) is 5.02 Å². The number of benzene rings is 1. The molecule has 1 aliphatic rings. The second-order valence-electron chi connectivity index (χ2n) is 4.27. The van der Waals surface area contributed by atoms with Crippen molar-refractivity contribution in [3.8, 4) is 5.75 Å². The largest absolute Gasteiger partial charge is 0.495 e. The van der Waals surface area contributed by atoms with E-state index in [4.69, 9.17) is 27.2 Å². The molecule has 0 amide bonds. The Hall–Kier alpha value is -1.46. The molecule has 0 unspecified atom stereocenters. The smallest absolute Gasteiger partial charge is 0.193 e. The third kappa shape index (κ3) is 3.05. The van der Waals surface area contributed by atoms with Gasteiger partial charge in [0, 0.05) is 5.69 Å². The average Bonchev–Trinajstić information content (AvgIpc) is 2.27. The second-order valence-corrected chi connectivity index (χ2v) is 4.67. The van der Waals surface area contributed by atoms with Crippen LogP contribution in [0.15, 0.2) is 23.2 Å². The first-order valence-corrected chi connectivity index (χ1v) is 6.08. The van der Waals surface area contributed by atoms with E-state index in [9.17, 15) is 0 Å². The van der Waals surface area contributed by atoms with E-state index < -0.39 is 0 Å². The normalized spacial score (nSPS) is 23.4. The van der Waals surface area contributed by atoms with Gasteiger partial charge >= 0.3 is 0 Å². The van der Waals surface area contributed by atoms with Crippen molar-refractivity contribution in [1.29, 1.82) is 0 Å². The molecule has 0 atom stereocenters. The van der Waals surface area contributed by atoms with Gasteiger partial charge in [-0.25, -0.2) is 4.99 Å². The first-order chi connectivity index (χ1) is 8.58. The van der Waals surface area contributed by atoms with E-state index in [-0.39, 0.29) is 12.1 Å². The molecule has 98 valence electrons. The summed E-state index contributed by atoms with van der Waals surface area (Å²) in [5.41, 5.74) is 6.52. The maximum absolute atomic E-state index is 9.15. The number of rotatable bonds is 3. The Labute approximate surface area is 111 Å². The van der Waals surface area contributed by atoms with Gasteiger partial charge in [-0.3, -0.25) is 0 Å². The Morgan fingerprint density at radius 3 is 2.83 bits per heavy atom. The van der Waals surface area contributed by atoms with Crippen LogP contribution in [-0.4, -0.2) is 30.3 Å². The molecule has 18 heavy (non-hydrogen) atoms. The fraction of sp³-hybridized carbons (Fsp3) is 0.417. The van der Waals surface area contributed by atoms with Crippen LogP contribution in [0.4, 0.5) is 5.69 Å². The number of hydrogen-bond acceptors (Lipinski definition) is 3. The van der Waals surface area contributed by atoms with Crippen LogP contribution in [-0.2, 0) is 0 Å². The summed E-state index contributed by atoms with van der Waals surface area (Å²) in [5.74, 6) is 0.938. The Morgan fingerprint density at radius 1 is 1.56 bits per heavy atom. The van der Waals surface area contributed by atoms with Crippen molar-refractivity contribution < 1.29 is 9.84 Å². The van der Waals surface area contributed by atoms with Gasteiger partial charge < -0.3 is 20.9 Å². The third-order valence-electron chi connectivity index (χ3n) is 2.83. The number of nitrogens with one attached hydrogen (secondary N) is 1. The van der Waals surface area contributed by atoms with Crippen LogP contribution < -0.4 is 15.8 Å². The Morgan fingerprint density at radius 2 is 2.28 bits per heavy atom. The highest BCUT2D eigenvalue weighted by atomic mass is 35.5. The van der Waals surface area contributed by atoms with Gasteiger partial charge in [0.1, 0.15) is 5.75 Å². The highest BCUT2D eigenvalue weighted by Gasteiger charge is 2.26. The summed E-state index contributed by atoms with van der Waals surface area (Å²) in [7, 11) is 1.56. The Balaban J connectivity index is 1.98. The standard InChI is InChI=1S/C12H16ClN3O2/c1-18-11-3-2-7(6-10(11)13)15-12(14)16-8-4-9(17)5-8/h2-3,6,8-9,17H,4-5H2,1H3,(H3,14,15,16). The van der Waals surface area contributed by atoms with Gasteiger partial charge in [-0.15, -0.1) is 0 Å². The predicted molar refractivity (Wildman–Crippen MR) is 72.3 cm³/mol. The van der Waals surface area contributed by atoms with Crippen LogP contribution >= 0.6 is 11.6 Å². The summed E-state index contributed by atoms with van der Waals surface area (Å²) < 4.78 is 5.06. The van der Waals surface area contributed by atoms with Crippen LogP contribution in [0.5, 0.6) is 5.75 Å². The second kappa shape index (κ2) is 5.46. The molecule has 0 bridgehead atoms. The van der Waals surface area contributed by atoms with Crippen LogP contribution in [0, 0.1) is 0 Å². The van der Waals surface area contributed by atoms with Gasteiger partial charge in [0.25, 0.3) is 0 Å². The first-order valence-electron chi connectivity index (χ1n) is 5.70. The number of aliphatic hydroxyl groups is 1. The average molecular weight is 270 g/mol. The van der Waals surface area contributed by atoms with E-state index in [1.165, 1.54) is 0 Å². The van der Waals surface area contributed by atoms with E-state index in [1.807, 2.05) is 6.07 Å². The highest BCUT2D eigenvalue weighted by molar-refractivity contribution is 6.32. The summed E-state index contributed by atoms with van der Waals surface area (Å²) >= 11 is 6.00. The van der Waals surface area contributed by atoms with Crippen molar-refractivity contribution in [2.45, 2.75) is 25.0 Å². The minimum atomic E-state index is -0.234. The van der Waals surface area contributed by atoms with Crippen molar-refractivity contribution in [1.82, 2.24) is 0 Å². The SMILES string of the molecule is COc1ccc(NC(N)=NC2CC(O)C2)cc1Cl. The fourth-order valence-corrected chi connectivity index (χ4v) is 2.04. The molecule has 1 aromatic carbocycles. The number of aliphatic hydroxyl groups excluding tert-OH is 1. The van der Waals surface area contributed by atoms with Crippen molar-refractivity contribution in [3.63, 3.8) is 0 Å². The van der Waals surface area contributed by atoms with E-state index in [0.29, 0.717) is 29.6 Å². The third-order valence-corrected chi connectivity index (χ3v) is 3.13. The van der Waals surface area contributed by atoms with Gasteiger partial charge in [0.15, 0.2) is 5.96 Å². The molecule has 1 aromatic rings. The van der Waals surface area contributed by atoms with Crippen molar-refractivity contribution >= 4 is 23.2 Å². The van der Waals surface area contributed by atoms with Gasteiger partial charge in [-0.1, -0.05) is 11.6 Å². The van der Waals surface area contributed by atoms with Crippen molar-refractivity contribution in [2.75, 3.05) is 12.4 Å². The molecule has 6 heteroatoms. The number of aliphatic imine (C=N–C) groups is 1. The number of nitrogens with two attached hydrogens (primary N) is 1. The van der Waals surface area contributed by atoms with Gasteiger partial charge in [0.2, 0.25) is 0 Å². The molecule has 5 nitrogen and oxygen atoms in total. The number of anilines is 1. The fourth-order valence-electron chi connectivity index (χ4n) is 1.79. The van der Waals surface area contributed by atoms with Crippen LogP contribution in [0.25, 0.3) is 0 Å². The molecule has 0 spiro atoms. The van der Waals surface area contributed by atoms with E-state index >= 15 is 0 Å². The molecule has 4 N–H and O–H groups in total. The maximum atomic E-state index is 9.15. The number of halogens is 1. The zero-order chi connectivity index (χ0) is 13.1. The van der Waals surface area contributed by atoms with Crippen LogP contribution in [0.1, 0.15) is 12.8 Å². The number of nitrogens with zero attached hydrogens (tertiary/aromatic N) is 1. The summed E-state index contributed by atoms with van der Waals surface area (Å²) in [6.45, 7) is 0. The highest BCUT2D eigenvalue weighted by Crippen LogP contribution is 2.27. The lowest BCUT2D eigenvalue weighted by Gasteiger charge is -2.28. The van der Waals surface area contributed by atoms with E-state index in [0.717, 1.165) is 5.69 Å². The minimum absolute atomic E-state index is 0.112. The van der Waals surface area contributed by atoms with Crippen molar-refractivity contribution in [2.24, 2.45) is 10.7 Å². The molecule has 1 fully saturated rings. The number of ether oxygens (including phenoxy) is 1. The van der Waals surface area contributed by atoms with Gasteiger partial charge in [0.05, 0.1) is 24.3 Å². The Bertz CT molecular complexity index is 459. The monoisotopic (exact) mass is 269 g/mol. The minimum Gasteiger partial charge on any atom is -0.495 e. The molecule has 0 radical (unpaired) electrons. The quantitative estimate of drug-likeness (QED) is 0.575. The summed E-state index contributed by atoms with van der Waals surface area (Å²) in [6.07, 6.45) is 1.11. The van der Waals surface area contributed by atoms with Gasteiger partial charge in [-0.2, -0.15) is 0 Å². The van der Waals surface area contributed by atoms with Gasteiger partial charge in [-0.05, 0) is 31.0 Å². The first kappa shape index (κ1) is 13.0. The molecular weight excluding hydrogens is 254 g/mol. The predicted octanol–water partition coefficient (Wildman–Crippen LogP) is 1.60. The lowest BCUT2D eigenvalue weighted by Crippen LogP contribution is -2.35. The van der Waals surface area contributed by atoms with Crippen LogP contribution in [0.3, 0.4) is 0 Å². The maximum Gasteiger partial charge on any atom is 0.193 e.